The van der Waals surface area contributed by atoms with Gasteiger partial charge >= 0.3 is 149 Å². The second-order valence-corrected chi connectivity index (χ2v) is 8.25. The minimum atomic E-state index is -0.692. The van der Waals surface area contributed by atoms with Crippen LogP contribution in [0.5, 0.6) is 5.75 Å². The van der Waals surface area contributed by atoms with Crippen molar-refractivity contribution in [3.05, 3.63) is 29.8 Å². The van der Waals surface area contributed by atoms with Crippen molar-refractivity contribution in [1.82, 2.24) is 5.32 Å². The first-order valence-corrected chi connectivity index (χ1v) is 9.95. The molecular weight excluding hydrogens is 377 g/mol. The second kappa shape index (κ2) is 9.55. The van der Waals surface area contributed by atoms with Crippen molar-refractivity contribution in [3.8, 4) is 5.75 Å². The van der Waals surface area contributed by atoms with Crippen LogP contribution in [0.1, 0.15) is 26.3 Å². The first-order chi connectivity index (χ1) is 11.2. The van der Waals surface area contributed by atoms with E-state index in [4.69, 9.17) is 14.2 Å². The van der Waals surface area contributed by atoms with Gasteiger partial charge in [0.1, 0.15) is 0 Å². The van der Waals surface area contributed by atoms with Crippen molar-refractivity contribution in [2.75, 3.05) is 14.2 Å². The minimum absolute atomic E-state index is 0.127. The van der Waals surface area contributed by atoms with Crippen LogP contribution in [0.15, 0.2) is 24.3 Å². The predicted molar refractivity (Wildman–Crippen MR) is 92.4 cm³/mol. The number of hydrogen-bond acceptors (Lipinski definition) is 5. The molecule has 1 N–H and O–H groups in total. The van der Waals surface area contributed by atoms with Gasteiger partial charge in [-0.1, -0.05) is 0 Å². The van der Waals surface area contributed by atoms with Crippen LogP contribution in [0, 0.1) is 0 Å². The number of benzene rings is 1. The van der Waals surface area contributed by atoms with E-state index in [-0.39, 0.29) is 15.0 Å². The Hall–Kier alpha value is -1.72. The number of ether oxygens (including phenoxy) is 3. The van der Waals surface area contributed by atoms with Gasteiger partial charge in [-0.2, -0.15) is 0 Å². The van der Waals surface area contributed by atoms with Crippen LogP contribution < -0.4 is 10.1 Å². The molecule has 0 unspecified atom stereocenters. The van der Waals surface area contributed by atoms with Gasteiger partial charge in [0.05, 0.1) is 0 Å². The van der Waals surface area contributed by atoms with Crippen molar-refractivity contribution in [1.29, 1.82) is 0 Å². The molecule has 0 spiro atoms. The Morgan fingerprint density at radius 3 is 2.29 bits per heavy atom. The summed E-state index contributed by atoms with van der Waals surface area (Å²) >= 11 is 0.127. The quantitative estimate of drug-likeness (QED) is 0.560. The van der Waals surface area contributed by atoms with Crippen LogP contribution in [0.25, 0.3) is 0 Å². The van der Waals surface area contributed by atoms with Crippen molar-refractivity contribution in [2.45, 2.75) is 43.1 Å². The van der Waals surface area contributed by atoms with E-state index in [9.17, 15) is 9.59 Å². The fourth-order valence-corrected chi connectivity index (χ4v) is 3.88. The number of carbonyl (C=O) groups is 2. The fourth-order valence-electron chi connectivity index (χ4n) is 1.78. The Balaban J connectivity index is 2.53. The van der Waals surface area contributed by atoms with Crippen LogP contribution >= 0.6 is 0 Å². The third-order valence-corrected chi connectivity index (χ3v) is 5.21. The first kappa shape index (κ1) is 20.3. The zero-order chi connectivity index (χ0) is 18.2. The van der Waals surface area contributed by atoms with Crippen LogP contribution in [-0.2, 0) is 19.6 Å². The molecule has 0 radical (unpaired) electrons. The average molecular weight is 402 g/mol. The van der Waals surface area contributed by atoms with E-state index in [0.717, 1.165) is 16.6 Å². The Morgan fingerprint density at radius 2 is 1.79 bits per heavy atom. The Labute approximate surface area is 149 Å². The first-order valence-electron chi connectivity index (χ1n) is 7.53. The summed E-state index contributed by atoms with van der Waals surface area (Å²) in [5, 5.41) is 3.97. The Morgan fingerprint density at radius 1 is 1.17 bits per heavy atom. The van der Waals surface area contributed by atoms with Gasteiger partial charge in [0.2, 0.25) is 0 Å². The molecule has 0 aliphatic carbocycles. The maximum atomic E-state index is 11.8. The van der Waals surface area contributed by atoms with E-state index in [1.165, 1.54) is 7.11 Å². The zero-order valence-corrected chi connectivity index (χ0v) is 16.5. The molecule has 0 aliphatic heterocycles. The molecule has 1 rings (SSSR count). The standard InChI is InChI=1S/C17H25NO5Se/c1-17(2,3)23-16(20)18-14(15(19)22-5)11-24-10-12-6-8-13(21-4)9-7-12/h6-9,14H,10-11H2,1-5H3,(H,18,20)/t14-/m0/s1. The Kier molecular flexibility index (Phi) is 8.08. The van der Waals surface area contributed by atoms with Crippen LogP contribution in [0.2, 0.25) is 5.32 Å². The summed E-state index contributed by atoms with van der Waals surface area (Å²) in [4.78, 5) is 23.7. The van der Waals surface area contributed by atoms with Crippen LogP contribution in [0.3, 0.4) is 0 Å². The average Bonchev–Trinajstić information content (AvgIpc) is 2.52. The van der Waals surface area contributed by atoms with Gasteiger partial charge < -0.3 is 0 Å². The molecule has 7 heteroatoms. The second-order valence-electron chi connectivity index (χ2n) is 6.09. The summed E-state index contributed by atoms with van der Waals surface area (Å²) in [6, 6.07) is 7.11. The number of rotatable bonds is 7. The van der Waals surface area contributed by atoms with Gasteiger partial charge in [-0.3, -0.25) is 0 Å². The number of methoxy groups -OCH3 is 2. The molecule has 6 nitrogen and oxygen atoms in total. The zero-order valence-electron chi connectivity index (χ0n) is 14.8. The van der Waals surface area contributed by atoms with Gasteiger partial charge in [-0.15, -0.1) is 0 Å². The molecule has 0 bridgehead atoms. The maximum absolute atomic E-state index is 11.8. The molecule has 1 amide bonds. The van der Waals surface area contributed by atoms with Crippen LogP contribution in [0.4, 0.5) is 4.79 Å². The van der Waals surface area contributed by atoms with Gasteiger partial charge in [0, 0.05) is 0 Å². The van der Waals surface area contributed by atoms with Gasteiger partial charge in [0.15, 0.2) is 0 Å². The molecule has 0 heterocycles. The third-order valence-electron chi connectivity index (χ3n) is 2.89. The van der Waals surface area contributed by atoms with Gasteiger partial charge in [0.25, 0.3) is 0 Å². The van der Waals surface area contributed by atoms with Crippen molar-refractivity contribution in [3.63, 3.8) is 0 Å². The Bertz CT molecular complexity index is 539. The van der Waals surface area contributed by atoms with E-state index in [1.807, 2.05) is 24.3 Å². The molecule has 0 saturated heterocycles. The van der Waals surface area contributed by atoms with Crippen LogP contribution in [-0.4, -0.2) is 52.9 Å². The van der Waals surface area contributed by atoms with Gasteiger partial charge in [-0.25, -0.2) is 0 Å². The summed E-state index contributed by atoms with van der Waals surface area (Å²) in [5.41, 5.74) is 0.551. The van der Waals surface area contributed by atoms with E-state index in [0.29, 0.717) is 5.32 Å². The molecule has 0 aliphatic rings. The molecule has 0 aromatic heterocycles. The molecule has 0 fully saturated rings. The monoisotopic (exact) mass is 403 g/mol. The number of amides is 1. The predicted octanol–water partition coefficient (Wildman–Crippen LogP) is 2.38. The molecule has 0 saturated carbocycles. The number of carbonyl (C=O) groups excluding carboxylic acids is 2. The van der Waals surface area contributed by atoms with Gasteiger partial charge in [-0.05, 0) is 0 Å². The molecule has 1 aromatic rings. The summed E-state index contributed by atoms with van der Waals surface area (Å²) in [5.74, 6) is 0.350. The van der Waals surface area contributed by atoms with E-state index in [2.05, 4.69) is 5.32 Å². The van der Waals surface area contributed by atoms with Crippen molar-refractivity contribution in [2.24, 2.45) is 0 Å². The molecule has 1 aromatic carbocycles. The number of hydrogen-bond donors (Lipinski definition) is 1. The molecule has 24 heavy (non-hydrogen) atoms. The van der Waals surface area contributed by atoms with E-state index < -0.39 is 23.7 Å². The van der Waals surface area contributed by atoms with E-state index in [1.54, 1.807) is 27.9 Å². The molecule has 1 atom stereocenters. The summed E-state index contributed by atoms with van der Waals surface area (Å²) in [7, 11) is 2.94. The number of esters is 1. The topological polar surface area (TPSA) is 73.9 Å². The summed E-state index contributed by atoms with van der Waals surface area (Å²) in [6.45, 7) is 5.31. The van der Waals surface area contributed by atoms with Crippen molar-refractivity contribution < 1.29 is 23.8 Å². The molecule has 134 valence electrons. The SMILES string of the molecule is COC(=O)[C@H](C[Se]Cc1ccc(OC)cc1)NC(=O)OC(C)(C)C. The summed E-state index contributed by atoms with van der Waals surface area (Å²) < 4.78 is 15.1. The molecular formula is C17H25NO5Se. The van der Waals surface area contributed by atoms with Crippen molar-refractivity contribution >= 4 is 27.0 Å². The fraction of sp³-hybridized carbons (Fsp3) is 0.529. The number of alkyl carbamates (subject to hydrolysis) is 1. The normalized spacial score (nSPS) is 12.2. The number of nitrogens with one attached hydrogen (secondary N) is 1. The third kappa shape index (κ3) is 7.70. The van der Waals surface area contributed by atoms with E-state index >= 15 is 0 Å². The summed E-state index contributed by atoms with van der Waals surface area (Å²) in [6.07, 6.45) is -0.613.